The Balaban J connectivity index is 1.40. The summed E-state index contributed by atoms with van der Waals surface area (Å²) in [6.07, 6.45) is 7.23. The molecule has 30 heavy (non-hydrogen) atoms. The molecule has 2 amide bonds. The van der Waals surface area contributed by atoms with E-state index in [2.05, 4.69) is 25.2 Å². The molecule has 8 nitrogen and oxygen atoms in total. The van der Waals surface area contributed by atoms with Gasteiger partial charge >= 0.3 is 0 Å². The Bertz CT molecular complexity index is 1060. The van der Waals surface area contributed by atoms with Gasteiger partial charge in [-0.05, 0) is 36.3 Å². The lowest BCUT2D eigenvalue weighted by Gasteiger charge is -2.20. The number of imidazole rings is 1. The third kappa shape index (κ3) is 4.32. The lowest BCUT2D eigenvalue weighted by atomic mass is 10.2. The number of aromatic nitrogens is 3. The number of carbonyl (C=O) groups excluding carboxylic acids is 2. The van der Waals surface area contributed by atoms with Crippen LogP contribution in [0.5, 0.6) is 0 Å². The SMILES string of the molecule is CNC(=O)c1cncc(/C=C/C(=O)N2CCCN(c3nc4ccccc4[nH]3)CC2)c1. The molecule has 4 rings (SSSR count). The molecule has 1 fully saturated rings. The molecule has 0 atom stereocenters. The lowest BCUT2D eigenvalue weighted by molar-refractivity contribution is -0.125. The summed E-state index contributed by atoms with van der Waals surface area (Å²) in [7, 11) is 1.57. The number of nitrogens with one attached hydrogen (secondary N) is 2. The van der Waals surface area contributed by atoms with Gasteiger partial charge in [-0.1, -0.05) is 12.1 Å². The maximum atomic E-state index is 12.7. The topological polar surface area (TPSA) is 94.2 Å². The van der Waals surface area contributed by atoms with Crippen LogP contribution in [0.4, 0.5) is 5.95 Å². The zero-order valence-electron chi connectivity index (χ0n) is 16.8. The van der Waals surface area contributed by atoms with E-state index < -0.39 is 0 Å². The van der Waals surface area contributed by atoms with Gasteiger partial charge in [0.25, 0.3) is 5.91 Å². The van der Waals surface area contributed by atoms with Crippen LogP contribution in [0.1, 0.15) is 22.3 Å². The number of nitrogens with zero attached hydrogens (tertiary/aromatic N) is 4. The summed E-state index contributed by atoms with van der Waals surface area (Å²) in [5, 5.41) is 2.57. The average molecular weight is 404 g/mol. The van der Waals surface area contributed by atoms with E-state index >= 15 is 0 Å². The number of para-hydroxylation sites is 2. The van der Waals surface area contributed by atoms with E-state index in [0.29, 0.717) is 30.8 Å². The van der Waals surface area contributed by atoms with Crippen LogP contribution in [0.15, 0.2) is 48.8 Å². The van der Waals surface area contributed by atoms with Crippen molar-refractivity contribution in [3.63, 3.8) is 0 Å². The minimum Gasteiger partial charge on any atom is -0.355 e. The molecule has 154 valence electrons. The fourth-order valence-corrected chi connectivity index (χ4v) is 3.53. The highest BCUT2D eigenvalue weighted by atomic mass is 16.2. The van der Waals surface area contributed by atoms with Gasteiger partial charge < -0.3 is 20.1 Å². The predicted molar refractivity (Wildman–Crippen MR) is 116 cm³/mol. The van der Waals surface area contributed by atoms with Crippen molar-refractivity contribution in [2.45, 2.75) is 6.42 Å². The monoisotopic (exact) mass is 404 g/mol. The van der Waals surface area contributed by atoms with Crippen molar-refractivity contribution in [1.82, 2.24) is 25.2 Å². The number of fused-ring (bicyclic) bond motifs is 1. The second-order valence-electron chi connectivity index (χ2n) is 7.16. The average Bonchev–Trinajstić information content (AvgIpc) is 3.06. The fourth-order valence-electron chi connectivity index (χ4n) is 3.53. The number of hydrogen-bond donors (Lipinski definition) is 2. The number of carbonyl (C=O) groups is 2. The van der Waals surface area contributed by atoms with E-state index in [1.165, 1.54) is 6.20 Å². The Morgan fingerprint density at radius 3 is 2.83 bits per heavy atom. The maximum Gasteiger partial charge on any atom is 0.252 e. The van der Waals surface area contributed by atoms with E-state index in [1.54, 1.807) is 31.5 Å². The van der Waals surface area contributed by atoms with Crippen molar-refractivity contribution in [1.29, 1.82) is 0 Å². The molecule has 1 saturated heterocycles. The first-order chi connectivity index (χ1) is 14.6. The molecule has 0 saturated carbocycles. The van der Waals surface area contributed by atoms with Crippen LogP contribution in [0.3, 0.4) is 0 Å². The van der Waals surface area contributed by atoms with Crippen molar-refractivity contribution in [2.24, 2.45) is 0 Å². The van der Waals surface area contributed by atoms with Crippen molar-refractivity contribution >= 4 is 34.9 Å². The Morgan fingerprint density at radius 1 is 1.13 bits per heavy atom. The van der Waals surface area contributed by atoms with Gasteiger partial charge in [-0.3, -0.25) is 14.6 Å². The molecule has 0 aliphatic carbocycles. The molecule has 8 heteroatoms. The number of pyridine rings is 1. The van der Waals surface area contributed by atoms with Crippen molar-refractivity contribution < 1.29 is 9.59 Å². The number of benzene rings is 1. The zero-order valence-corrected chi connectivity index (χ0v) is 16.8. The van der Waals surface area contributed by atoms with Crippen LogP contribution in [0, 0.1) is 0 Å². The third-order valence-electron chi connectivity index (χ3n) is 5.15. The number of aromatic amines is 1. The largest absolute Gasteiger partial charge is 0.355 e. The Hall–Kier alpha value is -3.68. The summed E-state index contributed by atoms with van der Waals surface area (Å²) in [5.74, 6) is 0.590. The number of anilines is 1. The smallest absolute Gasteiger partial charge is 0.252 e. The number of hydrogen-bond acceptors (Lipinski definition) is 5. The normalized spacial score (nSPS) is 14.8. The van der Waals surface area contributed by atoms with Gasteiger partial charge in [-0.25, -0.2) is 4.98 Å². The van der Waals surface area contributed by atoms with Crippen molar-refractivity contribution in [3.8, 4) is 0 Å². The molecular formula is C22H24N6O2. The molecule has 1 aromatic carbocycles. The molecular weight excluding hydrogens is 380 g/mol. The highest BCUT2D eigenvalue weighted by Crippen LogP contribution is 2.18. The molecule has 1 aliphatic rings. The first-order valence-corrected chi connectivity index (χ1v) is 9.98. The minimum atomic E-state index is -0.206. The first kappa shape index (κ1) is 19.6. The van der Waals surface area contributed by atoms with Gasteiger partial charge in [0.05, 0.1) is 16.6 Å². The van der Waals surface area contributed by atoms with Crippen LogP contribution >= 0.6 is 0 Å². The van der Waals surface area contributed by atoms with Crippen LogP contribution in [0.25, 0.3) is 17.1 Å². The summed E-state index contributed by atoms with van der Waals surface area (Å²) >= 11 is 0. The summed E-state index contributed by atoms with van der Waals surface area (Å²) in [4.78, 5) is 40.5. The predicted octanol–water partition coefficient (Wildman–Crippen LogP) is 2.07. The number of amides is 2. The van der Waals surface area contributed by atoms with Crippen molar-refractivity contribution in [3.05, 3.63) is 59.9 Å². The summed E-state index contributed by atoms with van der Waals surface area (Å²) in [6.45, 7) is 2.87. The van der Waals surface area contributed by atoms with E-state index in [0.717, 1.165) is 29.9 Å². The Labute approximate surface area is 174 Å². The van der Waals surface area contributed by atoms with E-state index in [-0.39, 0.29) is 11.8 Å². The fraction of sp³-hybridized carbons (Fsp3) is 0.273. The van der Waals surface area contributed by atoms with Crippen LogP contribution in [-0.4, -0.2) is 64.9 Å². The quantitative estimate of drug-likeness (QED) is 0.649. The second kappa shape index (κ2) is 8.77. The molecule has 0 bridgehead atoms. The van der Waals surface area contributed by atoms with Gasteiger partial charge in [-0.2, -0.15) is 0 Å². The third-order valence-corrected chi connectivity index (χ3v) is 5.15. The molecule has 2 aromatic heterocycles. The number of rotatable bonds is 4. The van der Waals surface area contributed by atoms with E-state index in [1.807, 2.05) is 29.2 Å². The molecule has 3 aromatic rings. The summed E-state index contributed by atoms with van der Waals surface area (Å²) in [6, 6.07) is 9.67. The highest BCUT2D eigenvalue weighted by Gasteiger charge is 2.19. The first-order valence-electron chi connectivity index (χ1n) is 9.98. The van der Waals surface area contributed by atoms with Crippen LogP contribution in [-0.2, 0) is 4.79 Å². The molecule has 0 radical (unpaired) electrons. The molecule has 1 aliphatic heterocycles. The zero-order chi connectivity index (χ0) is 20.9. The van der Waals surface area contributed by atoms with Gasteiger partial charge in [0.1, 0.15) is 0 Å². The highest BCUT2D eigenvalue weighted by molar-refractivity contribution is 5.95. The lowest BCUT2D eigenvalue weighted by Crippen LogP contribution is -2.34. The minimum absolute atomic E-state index is 0.0493. The molecule has 0 unspecified atom stereocenters. The van der Waals surface area contributed by atoms with Gasteiger partial charge in [0.15, 0.2) is 0 Å². The summed E-state index contributed by atoms with van der Waals surface area (Å²) in [5.41, 5.74) is 3.13. The van der Waals surface area contributed by atoms with Gasteiger partial charge in [-0.15, -0.1) is 0 Å². The standard InChI is InChI=1S/C22H24N6O2/c1-23-21(30)17-13-16(14-24-15-17)7-8-20(29)27-9-4-10-28(12-11-27)22-25-18-5-2-3-6-19(18)26-22/h2-3,5-8,13-15H,4,9-12H2,1H3,(H,23,30)(H,25,26)/b8-7+. The van der Waals surface area contributed by atoms with E-state index in [4.69, 9.17) is 0 Å². The molecule has 2 N–H and O–H groups in total. The maximum absolute atomic E-state index is 12.7. The second-order valence-corrected chi connectivity index (χ2v) is 7.16. The van der Waals surface area contributed by atoms with Crippen LogP contribution < -0.4 is 10.2 Å². The molecule has 0 spiro atoms. The Kier molecular flexibility index (Phi) is 5.74. The van der Waals surface area contributed by atoms with Gasteiger partial charge in [0, 0.05) is 51.7 Å². The van der Waals surface area contributed by atoms with Crippen molar-refractivity contribution in [2.75, 3.05) is 38.1 Å². The molecule has 3 heterocycles. The summed E-state index contributed by atoms with van der Waals surface area (Å²) < 4.78 is 0. The van der Waals surface area contributed by atoms with E-state index in [9.17, 15) is 9.59 Å². The Morgan fingerprint density at radius 2 is 2.00 bits per heavy atom. The number of H-pyrrole nitrogens is 1. The van der Waals surface area contributed by atoms with Gasteiger partial charge in [0.2, 0.25) is 11.9 Å². The van der Waals surface area contributed by atoms with Crippen LogP contribution in [0.2, 0.25) is 0 Å².